The van der Waals surface area contributed by atoms with Crippen molar-refractivity contribution in [2.45, 2.75) is 19.6 Å². The van der Waals surface area contributed by atoms with Crippen molar-refractivity contribution < 1.29 is 0 Å². The number of rotatable bonds is 1. The molecule has 0 amide bonds. The van der Waals surface area contributed by atoms with Crippen LogP contribution < -0.4 is 4.92 Å². The molecule has 1 heterocycles. The van der Waals surface area contributed by atoms with Crippen LogP contribution in [0.4, 0.5) is 0 Å². The highest BCUT2D eigenvalue weighted by Gasteiger charge is 2.19. The molecule has 0 unspecified atom stereocenters. The first kappa shape index (κ1) is 9.25. The highest BCUT2D eigenvalue weighted by Crippen LogP contribution is 2.17. The van der Waals surface area contributed by atoms with E-state index in [4.69, 9.17) is 11.6 Å². The van der Waals surface area contributed by atoms with Crippen LogP contribution in [0.25, 0.3) is 0 Å². The molecule has 11 heavy (non-hydrogen) atoms. The lowest BCUT2D eigenvalue weighted by atomic mass is 10.6. The fourth-order valence-electron chi connectivity index (χ4n) is 0.938. The van der Waals surface area contributed by atoms with Crippen molar-refractivity contribution in [3.05, 3.63) is 23.0 Å². The van der Waals surface area contributed by atoms with Gasteiger partial charge in [0.25, 0.3) is 0 Å². The molecule has 0 aliphatic heterocycles. The van der Waals surface area contributed by atoms with Gasteiger partial charge in [-0.05, 0) is 16.8 Å². The molecule has 0 saturated carbocycles. The summed E-state index contributed by atoms with van der Waals surface area (Å²) in [4.78, 5) is 1.45. The summed E-state index contributed by atoms with van der Waals surface area (Å²) in [7, 11) is 0.132. The zero-order valence-electron chi connectivity index (χ0n) is 7.06. The molecule has 0 atom stereocenters. The highest BCUT2D eigenvalue weighted by atomic mass is 35.5. The largest absolute Gasteiger partial charge is 0.0854 e. The molecule has 0 saturated heterocycles. The topological polar surface area (TPSA) is 0 Å². The number of hydrogen-bond donors (Lipinski definition) is 0. The monoisotopic (exact) mass is 202 g/mol. The van der Waals surface area contributed by atoms with Crippen LogP contribution in [0.2, 0.25) is 24.7 Å². The molecule has 1 aromatic rings. The Hall–Kier alpha value is 0.157. The lowest BCUT2D eigenvalue weighted by Gasteiger charge is -2.16. The Bertz CT molecular complexity index is 255. The maximum atomic E-state index is 6.07. The Morgan fingerprint density at radius 2 is 2.00 bits per heavy atom. The fourth-order valence-corrected chi connectivity index (χ4v) is 5.10. The molecule has 0 aromatic carbocycles. The first-order chi connectivity index (χ1) is 5.02. The predicted octanol–water partition coefficient (Wildman–Crippen LogP) is 3.47. The lowest BCUT2D eigenvalue weighted by molar-refractivity contribution is 1.76. The van der Waals surface area contributed by atoms with E-state index in [0.717, 1.165) is 5.02 Å². The van der Waals surface area contributed by atoms with Gasteiger partial charge < -0.3 is 0 Å². The van der Waals surface area contributed by atoms with Crippen molar-refractivity contribution in [2.24, 2.45) is 0 Å². The Labute approximate surface area is 75.7 Å². The molecule has 1 aromatic heterocycles. The van der Waals surface area contributed by atoms with Gasteiger partial charge in [-0.1, -0.05) is 45.5 Å². The van der Waals surface area contributed by atoms with Crippen molar-refractivity contribution in [3.63, 3.8) is 0 Å². The fraction of sp³-hybridized carbons (Fsp3) is 0.375. The van der Waals surface area contributed by atoms with Crippen molar-refractivity contribution in [1.29, 1.82) is 0 Å². The lowest BCUT2D eigenvalue weighted by Crippen LogP contribution is -2.35. The van der Waals surface area contributed by atoms with Gasteiger partial charge in [-0.2, -0.15) is 0 Å². The maximum absolute atomic E-state index is 6.07. The minimum absolute atomic E-state index is 0.966. The number of hydrogen-bond acceptors (Lipinski definition) is 0. The zero-order valence-corrected chi connectivity index (χ0v) is 9.71. The second kappa shape index (κ2) is 3.26. The van der Waals surface area contributed by atoms with Gasteiger partial charge in [0.2, 0.25) is 0 Å². The number of halogens is 1. The first-order valence-electron chi connectivity index (χ1n) is 3.63. The molecule has 60 valence electrons. The Morgan fingerprint density at radius 3 is 2.36 bits per heavy atom. The highest BCUT2D eigenvalue weighted by molar-refractivity contribution is 7.41. The van der Waals surface area contributed by atoms with Gasteiger partial charge >= 0.3 is 0 Å². The minimum Gasteiger partial charge on any atom is -0.0841 e. The van der Waals surface area contributed by atoms with E-state index in [9.17, 15) is 0 Å². The van der Waals surface area contributed by atoms with E-state index in [-0.39, 0.29) is 0 Å². The van der Waals surface area contributed by atoms with Gasteiger partial charge in [0.1, 0.15) is 0 Å². The van der Waals surface area contributed by atoms with E-state index in [1.54, 1.807) is 0 Å². The van der Waals surface area contributed by atoms with Gasteiger partial charge in [0.05, 0.1) is 8.07 Å². The Balaban J connectivity index is 3.14. The van der Waals surface area contributed by atoms with E-state index in [1.807, 2.05) is 12.1 Å². The van der Waals surface area contributed by atoms with Gasteiger partial charge in [-0.15, -0.1) is 0 Å². The van der Waals surface area contributed by atoms with Crippen LogP contribution in [0.3, 0.4) is 0 Å². The average Bonchev–Trinajstić information content (AvgIpc) is 1.86. The van der Waals surface area contributed by atoms with Crippen molar-refractivity contribution in [3.8, 4) is 0 Å². The van der Waals surface area contributed by atoms with Crippen LogP contribution in [0, 0.1) is 0 Å². The van der Waals surface area contributed by atoms with Crippen molar-refractivity contribution in [1.82, 2.24) is 0 Å². The zero-order chi connectivity index (χ0) is 8.48. The SMILES string of the molecule is C[Si](C)(C)c1pcccc1Cl. The summed E-state index contributed by atoms with van der Waals surface area (Å²) in [5, 5.41) is 0.966. The van der Waals surface area contributed by atoms with Crippen molar-refractivity contribution >= 4 is 32.8 Å². The van der Waals surface area contributed by atoms with E-state index in [0.29, 0.717) is 0 Å². The molecular formula is C8H12ClPSi. The van der Waals surface area contributed by atoms with E-state index < -0.39 is 8.07 Å². The second-order valence-electron chi connectivity index (χ2n) is 3.58. The maximum Gasteiger partial charge on any atom is 0.0854 e. The third-order valence-corrected chi connectivity index (χ3v) is 6.98. The molecular weight excluding hydrogens is 191 g/mol. The molecule has 0 N–H and O–H groups in total. The van der Waals surface area contributed by atoms with Crippen LogP contribution in [0.1, 0.15) is 0 Å². The van der Waals surface area contributed by atoms with Crippen LogP contribution >= 0.6 is 19.8 Å². The smallest absolute Gasteiger partial charge is 0.0841 e. The molecule has 0 radical (unpaired) electrons. The normalized spacial score (nSPS) is 12.4. The van der Waals surface area contributed by atoms with E-state index >= 15 is 0 Å². The molecule has 0 aliphatic carbocycles. The average molecular weight is 203 g/mol. The minimum atomic E-state index is -1.17. The summed E-state index contributed by atoms with van der Waals surface area (Å²) in [6, 6.07) is 4.01. The molecule has 0 aliphatic rings. The van der Waals surface area contributed by atoms with E-state index in [1.165, 1.54) is 13.1 Å². The molecule has 0 spiro atoms. The summed E-state index contributed by atoms with van der Waals surface area (Å²) in [6.07, 6.45) is 0. The van der Waals surface area contributed by atoms with Crippen molar-refractivity contribution in [2.75, 3.05) is 0 Å². The summed E-state index contributed by atoms with van der Waals surface area (Å²) in [5.74, 6) is 2.15. The van der Waals surface area contributed by atoms with Gasteiger partial charge in [-0.25, -0.2) is 0 Å². The molecule has 3 heteroatoms. The molecule has 0 bridgehead atoms. The predicted molar refractivity (Wildman–Crippen MR) is 56.9 cm³/mol. The quantitative estimate of drug-likeness (QED) is 0.612. The van der Waals surface area contributed by atoms with Crippen LogP contribution in [0.5, 0.6) is 0 Å². The first-order valence-corrected chi connectivity index (χ1v) is 8.47. The second-order valence-corrected chi connectivity index (χ2v) is 10.4. The Morgan fingerprint density at radius 1 is 1.36 bits per heavy atom. The summed E-state index contributed by atoms with van der Waals surface area (Å²) < 4.78 is 0. The standard InChI is InChI=1S/C8H12ClPSi/c1-11(2,3)8-7(9)5-4-6-10-8/h4-6H,1-3H3. The summed E-state index contributed by atoms with van der Waals surface area (Å²) in [5.41, 5.74) is 0. The third-order valence-electron chi connectivity index (χ3n) is 1.47. The summed E-state index contributed by atoms with van der Waals surface area (Å²) in [6.45, 7) is 6.97. The molecule has 0 nitrogen and oxygen atoms in total. The van der Waals surface area contributed by atoms with Crippen LogP contribution in [-0.2, 0) is 0 Å². The third kappa shape index (κ3) is 2.30. The molecule has 0 fully saturated rings. The van der Waals surface area contributed by atoms with Crippen LogP contribution in [0.15, 0.2) is 17.9 Å². The van der Waals surface area contributed by atoms with Gasteiger partial charge in [0, 0.05) is 5.02 Å². The van der Waals surface area contributed by atoms with Crippen LogP contribution in [-0.4, -0.2) is 8.07 Å². The van der Waals surface area contributed by atoms with Gasteiger partial charge in [-0.3, -0.25) is 0 Å². The molecule has 1 rings (SSSR count). The van der Waals surface area contributed by atoms with Gasteiger partial charge in [0.15, 0.2) is 0 Å². The summed E-state index contributed by atoms with van der Waals surface area (Å²) >= 11 is 6.07. The van der Waals surface area contributed by atoms with E-state index in [2.05, 4.69) is 25.4 Å². The Kier molecular flexibility index (Phi) is 2.74.